The first kappa shape index (κ1) is 12.4. The molecule has 1 fully saturated rings. The highest BCUT2D eigenvalue weighted by Crippen LogP contribution is 2.22. The maximum atomic E-state index is 9.66. The molecule has 1 aromatic carbocycles. The van der Waals surface area contributed by atoms with Gasteiger partial charge in [0.05, 0.1) is 6.10 Å². The summed E-state index contributed by atoms with van der Waals surface area (Å²) in [4.78, 5) is 2.25. The molecule has 1 aromatic rings. The monoisotopic (exact) mass is 234 g/mol. The molecule has 0 saturated carbocycles. The SMILES string of the molecule is CC[C@@H](N)c1ccc(N2CCCC(O)C2)cc1. The minimum absolute atomic E-state index is 0.135. The molecule has 0 amide bonds. The van der Waals surface area contributed by atoms with Crippen LogP contribution in [0.25, 0.3) is 0 Å². The Hall–Kier alpha value is -1.06. The Morgan fingerprint density at radius 1 is 1.41 bits per heavy atom. The Balaban J connectivity index is 2.06. The first-order valence-electron chi connectivity index (χ1n) is 6.49. The van der Waals surface area contributed by atoms with Crippen molar-refractivity contribution in [2.24, 2.45) is 5.73 Å². The predicted molar refractivity (Wildman–Crippen MR) is 71.1 cm³/mol. The van der Waals surface area contributed by atoms with Gasteiger partial charge in [0.25, 0.3) is 0 Å². The zero-order valence-electron chi connectivity index (χ0n) is 10.5. The molecule has 0 spiro atoms. The average Bonchev–Trinajstić information content (AvgIpc) is 2.38. The minimum Gasteiger partial charge on any atom is -0.391 e. The first-order valence-corrected chi connectivity index (χ1v) is 6.49. The smallest absolute Gasteiger partial charge is 0.0715 e. The van der Waals surface area contributed by atoms with Crippen LogP contribution in [0.4, 0.5) is 5.69 Å². The van der Waals surface area contributed by atoms with Crippen LogP contribution in [0.5, 0.6) is 0 Å². The van der Waals surface area contributed by atoms with Crippen LogP contribution < -0.4 is 10.6 Å². The van der Waals surface area contributed by atoms with E-state index in [1.54, 1.807) is 0 Å². The van der Waals surface area contributed by atoms with Gasteiger partial charge in [-0.1, -0.05) is 19.1 Å². The van der Waals surface area contributed by atoms with Crippen LogP contribution in [0, 0.1) is 0 Å². The molecule has 1 heterocycles. The molecule has 1 unspecified atom stereocenters. The van der Waals surface area contributed by atoms with Crippen molar-refractivity contribution in [3.63, 3.8) is 0 Å². The summed E-state index contributed by atoms with van der Waals surface area (Å²) in [5.41, 5.74) is 8.37. The second kappa shape index (κ2) is 5.52. The number of hydrogen-bond donors (Lipinski definition) is 2. The van der Waals surface area contributed by atoms with Crippen molar-refractivity contribution < 1.29 is 5.11 Å². The zero-order chi connectivity index (χ0) is 12.3. The molecule has 1 saturated heterocycles. The van der Waals surface area contributed by atoms with Gasteiger partial charge in [-0.05, 0) is 37.0 Å². The van der Waals surface area contributed by atoms with Gasteiger partial charge in [0.2, 0.25) is 0 Å². The van der Waals surface area contributed by atoms with Crippen molar-refractivity contribution in [1.82, 2.24) is 0 Å². The number of anilines is 1. The number of hydrogen-bond acceptors (Lipinski definition) is 3. The highest BCUT2D eigenvalue weighted by Gasteiger charge is 2.17. The molecule has 0 radical (unpaired) electrons. The number of piperidine rings is 1. The Labute approximate surface area is 103 Å². The molecule has 0 aliphatic carbocycles. The van der Waals surface area contributed by atoms with Crippen LogP contribution >= 0.6 is 0 Å². The second-order valence-corrected chi connectivity index (χ2v) is 4.85. The third-order valence-electron chi connectivity index (χ3n) is 3.52. The molecular weight excluding hydrogens is 212 g/mol. The lowest BCUT2D eigenvalue weighted by molar-refractivity contribution is 0.154. The maximum Gasteiger partial charge on any atom is 0.0715 e. The van der Waals surface area contributed by atoms with Crippen LogP contribution in [0.1, 0.15) is 37.8 Å². The third-order valence-corrected chi connectivity index (χ3v) is 3.52. The number of nitrogens with two attached hydrogens (primary N) is 1. The van der Waals surface area contributed by atoms with Crippen molar-refractivity contribution in [2.75, 3.05) is 18.0 Å². The van der Waals surface area contributed by atoms with Gasteiger partial charge in [0.1, 0.15) is 0 Å². The van der Waals surface area contributed by atoms with Crippen molar-refractivity contribution >= 4 is 5.69 Å². The molecule has 1 aliphatic rings. The number of aliphatic hydroxyl groups is 1. The molecular formula is C14H22N2O. The van der Waals surface area contributed by atoms with Gasteiger partial charge >= 0.3 is 0 Å². The van der Waals surface area contributed by atoms with Crippen molar-refractivity contribution in [1.29, 1.82) is 0 Å². The normalized spacial score (nSPS) is 22.5. The van der Waals surface area contributed by atoms with E-state index in [0.717, 1.165) is 32.4 Å². The fourth-order valence-electron chi connectivity index (χ4n) is 2.36. The Bertz CT molecular complexity index is 350. The predicted octanol–water partition coefficient (Wildman–Crippen LogP) is 2.06. The highest BCUT2D eigenvalue weighted by atomic mass is 16.3. The summed E-state index contributed by atoms with van der Waals surface area (Å²) in [5.74, 6) is 0. The third kappa shape index (κ3) is 2.99. The number of aliphatic hydroxyl groups excluding tert-OH is 1. The Morgan fingerprint density at radius 3 is 2.71 bits per heavy atom. The molecule has 2 atom stereocenters. The van der Waals surface area contributed by atoms with Crippen LogP contribution in [0.3, 0.4) is 0 Å². The summed E-state index contributed by atoms with van der Waals surface area (Å²) in [6.45, 7) is 3.88. The van der Waals surface area contributed by atoms with Crippen molar-refractivity contribution in [3.05, 3.63) is 29.8 Å². The van der Waals surface area contributed by atoms with Crippen LogP contribution in [-0.2, 0) is 0 Å². The van der Waals surface area contributed by atoms with E-state index in [1.807, 2.05) is 0 Å². The summed E-state index contributed by atoms with van der Waals surface area (Å²) in [5, 5.41) is 9.66. The lowest BCUT2D eigenvalue weighted by atomic mass is 10.0. The van der Waals surface area contributed by atoms with E-state index in [4.69, 9.17) is 5.73 Å². The zero-order valence-corrected chi connectivity index (χ0v) is 10.5. The molecule has 3 nitrogen and oxygen atoms in total. The number of nitrogens with zero attached hydrogens (tertiary/aromatic N) is 1. The number of β-amino-alcohol motifs (C(OH)–C–C–N with tert-alkyl or cyclic N) is 1. The first-order chi connectivity index (χ1) is 8.20. The van der Waals surface area contributed by atoms with Crippen LogP contribution in [0.15, 0.2) is 24.3 Å². The van der Waals surface area contributed by atoms with Crippen molar-refractivity contribution in [3.8, 4) is 0 Å². The van der Waals surface area contributed by atoms with Crippen LogP contribution in [-0.4, -0.2) is 24.3 Å². The fourth-order valence-corrected chi connectivity index (χ4v) is 2.36. The quantitative estimate of drug-likeness (QED) is 0.841. The van der Waals surface area contributed by atoms with Gasteiger partial charge < -0.3 is 15.7 Å². The van der Waals surface area contributed by atoms with Gasteiger partial charge in [0, 0.05) is 24.8 Å². The minimum atomic E-state index is -0.179. The van der Waals surface area contributed by atoms with E-state index in [0.29, 0.717) is 0 Å². The van der Waals surface area contributed by atoms with Gasteiger partial charge in [-0.2, -0.15) is 0 Å². The summed E-state index contributed by atoms with van der Waals surface area (Å²) in [6.07, 6.45) is 2.77. The topological polar surface area (TPSA) is 49.5 Å². The van der Waals surface area contributed by atoms with E-state index < -0.39 is 0 Å². The lowest BCUT2D eigenvalue weighted by Gasteiger charge is -2.32. The van der Waals surface area contributed by atoms with E-state index in [-0.39, 0.29) is 12.1 Å². The summed E-state index contributed by atoms with van der Waals surface area (Å²) >= 11 is 0. The van der Waals surface area contributed by atoms with E-state index in [1.165, 1.54) is 11.3 Å². The Morgan fingerprint density at radius 2 is 2.12 bits per heavy atom. The Kier molecular flexibility index (Phi) is 4.02. The number of rotatable bonds is 3. The molecule has 3 N–H and O–H groups in total. The van der Waals surface area contributed by atoms with Gasteiger partial charge in [-0.15, -0.1) is 0 Å². The second-order valence-electron chi connectivity index (χ2n) is 4.85. The van der Waals surface area contributed by atoms with Gasteiger partial charge in [0.15, 0.2) is 0 Å². The molecule has 3 heteroatoms. The molecule has 2 rings (SSSR count). The average molecular weight is 234 g/mol. The van der Waals surface area contributed by atoms with E-state index >= 15 is 0 Å². The molecule has 17 heavy (non-hydrogen) atoms. The van der Waals surface area contributed by atoms with Crippen molar-refractivity contribution in [2.45, 2.75) is 38.3 Å². The highest BCUT2D eigenvalue weighted by molar-refractivity contribution is 5.48. The lowest BCUT2D eigenvalue weighted by Crippen LogP contribution is -2.38. The summed E-state index contributed by atoms with van der Waals surface area (Å²) in [6, 6.07) is 8.57. The van der Waals surface area contributed by atoms with Gasteiger partial charge in [-0.25, -0.2) is 0 Å². The maximum absolute atomic E-state index is 9.66. The summed E-state index contributed by atoms with van der Waals surface area (Å²) < 4.78 is 0. The molecule has 0 bridgehead atoms. The molecule has 0 aromatic heterocycles. The standard InChI is InChI=1S/C14H22N2O/c1-2-14(15)11-5-7-12(8-6-11)16-9-3-4-13(17)10-16/h5-8,13-14,17H,2-4,9-10,15H2,1H3/t13?,14-/m1/s1. The van der Waals surface area contributed by atoms with Crippen LogP contribution in [0.2, 0.25) is 0 Å². The molecule has 94 valence electrons. The van der Waals surface area contributed by atoms with E-state index in [2.05, 4.69) is 36.1 Å². The summed E-state index contributed by atoms with van der Waals surface area (Å²) in [7, 11) is 0. The largest absolute Gasteiger partial charge is 0.391 e. The fraction of sp³-hybridized carbons (Fsp3) is 0.571. The number of benzene rings is 1. The van der Waals surface area contributed by atoms with Gasteiger partial charge in [-0.3, -0.25) is 0 Å². The molecule has 1 aliphatic heterocycles. The van der Waals surface area contributed by atoms with E-state index in [9.17, 15) is 5.11 Å².